The second-order valence-electron chi connectivity index (χ2n) is 4.40. The van der Waals surface area contributed by atoms with Crippen molar-refractivity contribution in [1.29, 1.82) is 0 Å². The molecular weight excluding hydrogens is 262 g/mol. The highest BCUT2D eigenvalue weighted by molar-refractivity contribution is 6.16. The van der Waals surface area contributed by atoms with E-state index in [0.29, 0.717) is 11.3 Å². The van der Waals surface area contributed by atoms with Crippen molar-refractivity contribution in [3.8, 4) is 11.1 Å². The molecule has 0 unspecified atom stereocenters. The van der Waals surface area contributed by atoms with Crippen molar-refractivity contribution < 1.29 is 9.08 Å². The average molecular weight is 276 g/mol. The third-order valence-electron chi connectivity index (χ3n) is 3.27. The number of nitrogens with two attached hydrogens (primary N) is 1. The molecule has 0 heterocycles. The summed E-state index contributed by atoms with van der Waals surface area (Å²) >= 11 is 5.12. The molecule has 2 aromatic carbocycles. The number of hydrogen-bond donors (Lipinski definition) is 1. The van der Waals surface area contributed by atoms with Gasteiger partial charge in [-0.2, -0.15) is 0 Å². The van der Waals surface area contributed by atoms with Crippen LogP contribution in [0.2, 0.25) is 0 Å². The molecule has 0 saturated heterocycles. The topological polar surface area (TPSA) is 52.3 Å². The second kappa shape index (κ2) is 5.33. The molecule has 19 heavy (non-hydrogen) atoms. The Morgan fingerprint density at radius 2 is 1.89 bits per heavy atom. The summed E-state index contributed by atoms with van der Waals surface area (Å²) in [6.07, 6.45) is 0. The van der Waals surface area contributed by atoms with Gasteiger partial charge in [0.1, 0.15) is 11.9 Å². The van der Waals surface area contributed by atoms with Crippen LogP contribution < -0.4 is 5.73 Å². The van der Waals surface area contributed by atoms with Crippen molar-refractivity contribution in [2.75, 3.05) is 5.73 Å². The van der Waals surface area contributed by atoms with Gasteiger partial charge in [0.15, 0.2) is 0 Å². The smallest absolute Gasteiger partial charge is 0.356 e. The number of benzene rings is 2. The van der Waals surface area contributed by atoms with E-state index in [1.54, 1.807) is 6.07 Å². The van der Waals surface area contributed by atoms with E-state index in [0.717, 1.165) is 22.3 Å². The summed E-state index contributed by atoms with van der Waals surface area (Å²) < 4.78 is 4.25. The van der Waals surface area contributed by atoms with E-state index in [1.165, 1.54) is 0 Å². The van der Waals surface area contributed by atoms with Gasteiger partial charge in [0.2, 0.25) is 0 Å². The number of nitrogen functional groups attached to an aromatic ring is 1. The monoisotopic (exact) mass is 275 g/mol. The van der Waals surface area contributed by atoms with E-state index in [-0.39, 0.29) is 0 Å². The Bertz CT molecular complexity index is 638. The minimum absolute atomic E-state index is 0.472. The third kappa shape index (κ3) is 2.56. The molecule has 0 aliphatic carbocycles. The van der Waals surface area contributed by atoms with Gasteiger partial charge >= 0.3 is 5.97 Å². The normalized spacial score (nSPS) is 10.3. The summed E-state index contributed by atoms with van der Waals surface area (Å²) in [7, 11) is 0. The summed E-state index contributed by atoms with van der Waals surface area (Å²) in [5.74, 6) is -0.540. The molecule has 0 spiro atoms. The van der Waals surface area contributed by atoms with E-state index >= 15 is 0 Å². The minimum Gasteiger partial charge on any atom is -0.399 e. The molecule has 4 heteroatoms. The highest BCUT2D eigenvalue weighted by atomic mass is 35.5. The van der Waals surface area contributed by atoms with E-state index < -0.39 is 5.97 Å². The van der Waals surface area contributed by atoms with Crippen LogP contribution in [-0.4, -0.2) is 5.97 Å². The van der Waals surface area contributed by atoms with Crippen LogP contribution in [0.1, 0.15) is 21.5 Å². The number of hydrogen-bond acceptors (Lipinski definition) is 3. The van der Waals surface area contributed by atoms with E-state index in [9.17, 15) is 4.79 Å². The van der Waals surface area contributed by atoms with Crippen LogP contribution in [0.3, 0.4) is 0 Å². The van der Waals surface area contributed by atoms with Gasteiger partial charge in [-0.1, -0.05) is 18.2 Å². The van der Waals surface area contributed by atoms with E-state index in [2.05, 4.69) is 4.29 Å². The zero-order valence-electron chi connectivity index (χ0n) is 10.7. The van der Waals surface area contributed by atoms with Crippen molar-refractivity contribution in [2.24, 2.45) is 0 Å². The first kappa shape index (κ1) is 13.4. The largest absolute Gasteiger partial charge is 0.399 e. The zero-order chi connectivity index (χ0) is 14.0. The zero-order valence-corrected chi connectivity index (χ0v) is 11.5. The van der Waals surface area contributed by atoms with Gasteiger partial charge in [-0.05, 0) is 54.3 Å². The molecule has 0 saturated carbocycles. The fourth-order valence-corrected chi connectivity index (χ4v) is 2.19. The number of carbonyl (C=O) groups is 1. The lowest BCUT2D eigenvalue weighted by molar-refractivity contribution is 0.0750. The Balaban J connectivity index is 2.56. The maximum Gasteiger partial charge on any atom is 0.356 e. The lowest BCUT2D eigenvalue weighted by Gasteiger charge is -2.12. The minimum atomic E-state index is -0.540. The van der Waals surface area contributed by atoms with Crippen molar-refractivity contribution in [3.05, 3.63) is 53.1 Å². The van der Waals surface area contributed by atoms with Gasteiger partial charge in [-0.3, -0.25) is 0 Å². The Labute approximate surface area is 117 Å². The highest BCUT2D eigenvalue weighted by Gasteiger charge is 2.14. The number of anilines is 1. The Morgan fingerprint density at radius 1 is 1.16 bits per heavy atom. The van der Waals surface area contributed by atoms with Crippen molar-refractivity contribution in [2.45, 2.75) is 13.8 Å². The Hall–Kier alpha value is -2.00. The fourth-order valence-electron chi connectivity index (χ4n) is 2.10. The van der Waals surface area contributed by atoms with Crippen LogP contribution in [0.15, 0.2) is 36.4 Å². The molecule has 0 aliphatic heterocycles. The Kier molecular flexibility index (Phi) is 3.76. The van der Waals surface area contributed by atoms with Crippen LogP contribution in [-0.2, 0) is 4.29 Å². The Morgan fingerprint density at radius 3 is 2.53 bits per heavy atom. The molecular formula is C15H14ClNO2. The molecule has 0 amide bonds. The molecule has 2 aromatic rings. The fraction of sp³-hybridized carbons (Fsp3) is 0.133. The van der Waals surface area contributed by atoms with Crippen molar-refractivity contribution >= 4 is 23.5 Å². The molecule has 98 valence electrons. The first-order chi connectivity index (χ1) is 9.04. The molecule has 3 nitrogen and oxygen atoms in total. The van der Waals surface area contributed by atoms with E-state index in [4.69, 9.17) is 17.6 Å². The summed E-state index contributed by atoms with van der Waals surface area (Å²) in [5, 5.41) is 0. The first-order valence-corrected chi connectivity index (χ1v) is 6.14. The number of rotatable bonds is 2. The summed E-state index contributed by atoms with van der Waals surface area (Å²) in [5.41, 5.74) is 10.9. The second-order valence-corrected chi connectivity index (χ2v) is 4.56. The maximum absolute atomic E-state index is 11.5. The predicted octanol–water partition coefficient (Wildman–Crippen LogP) is 3.86. The quantitative estimate of drug-likeness (QED) is 0.847. The van der Waals surface area contributed by atoms with Gasteiger partial charge in [0.25, 0.3) is 0 Å². The van der Waals surface area contributed by atoms with Gasteiger partial charge in [-0.25, -0.2) is 4.79 Å². The van der Waals surface area contributed by atoms with Gasteiger partial charge < -0.3 is 10.0 Å². The van der Waals surface area contributed by atoms with Gasteiger partial charge in [0.05, 0.1) is 5.56 Å². The molecule has 0 fully saturated rings. The molecule has 2 rings (SSSR count). The summed E-state index contributed by atoms with van der Waals surface area (Å²) in [6, 6.07) is 11.2. The summed E-state index contributed by atoms with van der Waals surface area (Å²) in [6.45, 7) is 3.83. The SMILES string of the molecule is Cc1c(C(=O)OCl)ccc(-c2cccc(N)c2)c1C. The van der Waals surface area contributed by atoms with Crippen LogP contribution >= 0.6 is 11.9 Å². The van der Waals surface area contributed by atoms with Crippen molar-refractivity contribution in [3.63, 3.8) is 0 Å². The van der Waals surface area contributed by atoms with Crippen LogP contribution in [0.25, 0.3) is 11.1 Å². The van der Waals surface area contributed by atoms with Crippen LogP contribution in [0.4, 0.5) is 5.69 Å². The summed E-state index contributed by atoms with van der Waals surface area (Å²) in [4.78, 5) is 11.5. The third-order valence-corrected chi connectivity index (χ3v) is 3.41. The molecule has 0 aromatic heterocycles. The van der Waals surface area contributed by atoms with Crippen LogP contribution in [0.5, 0.6) is 0 Å². The molecule has 0 radical (unpaired) electrons. The molecule has 0 bridgehead atoms. The maximum atomic E-state index is 11.5. The van der Waals surface area contributed by atoms with E-state index in [1.807, 2.05) is 44.2 Å². The molecule has 0 aliphatic rings. The lowest BCUT2D eigenvalue weighted by atomic mass is 9.93. The molecule has 2 N–H and O–H groups in total. The standard InChI is InChI=1S/C15H14ClNO2/c1-9-10(2)14(15(18)19-16)7-6-13(9)11-4-3-5-12(17)8-11/h3-8H,17H2,1-2H3. The molecule has 0 atom stereocenters. The lowest BCUT2D eigenvalue weighted by Crippen LogP contribution is -2.03. The predicted molar refractivity (Wildman–Crippen MR) is 77.0 cm³/mol. The van der Waals surface area contributed by atoms with Gasteiger partial charge in [0, 0.05) is 5.69 Å². The van der Waals surface area contributed by atoms with Crippen LogP contribution in [0, 0.1) is 13.8 Å². The first-order valence-electron chi connectivity index (χ1n) is 5.83. The number of halogens is 1. The highest BCUT2D eigenvalue weighted by Crippen LogP contribution is 2.29. The number of carbonyl (C=O) groups excluding carboxylic acids is 1. The van der Waals surface area contributed by atoms with Crippen molar-refractivity contribution in [1.82, 2.24) is 0 Å². The van der Waals surface area contributed by atoms with Gasteiger partial charge in [-0.15, -0.1) is 0 Å². The average Bonchev–Trinajstić information content (AvgIpc) is 2.41.